The summed E-state index contributed by atoms with van der Waals surface area (Å²) in [5, 5.41) is 0.737. The lowest BCUT2D eigenvalue weighted by Crippen LogP contribution is -2.48. The van der Waals surface area contributed by atoms with Crippen LogP contribution in [0.5, 0.6) is 5.75 Å². The number of halogens is 1. The van der Waals surface area contributed by atoms with Crippen molar-refractivity contribution < 1.29 is 13.9 Å². The van der Waals surface area contributed by atoms with E-state index in [1.165, 1.54) is 11.1 Å². The summed E-state index contributed by atoms with van der Waals surface area (Å²) in [4.78, 5) is 17.3. The van der Waals surface area contributed by atoms with E-state index >= 15 is 0 Å². The van der Waals surface area contributed by atoms with Crippen molar-refractivity contribution in [2.24, 2.45) is 0 Å². The quantitative estimate of drug-likeness (QED) is 0.403. The Kier molecular flexibility index (Phi) is 7.64. The van der Waals surface area contributed by atoms with Crippen LogP contribution >= 0.6 is 11.6 Å². The highest BCUT2D eigenvalue weighted by Gasteiger charge is 2.24. The molecule has 180 valence electrons. The van der Waals surface area contributed by atoms with Crippen molar-refractivity contribution in [2.75, 3.05) is 26.2 Å². The van der Waals surface area contributed by atoms with Crippen molar-refractivity contribution in [3.05, 3.63) is 87.3 Å². The Hall–Kier alpha value is -2.76. The fraction of sp³-hybridized carbons (Fsp3) is 0.393. The van der Waals surface area contributed by atoms with Crippen LogP contribution in [-0.2, 0) is 13.2 Å². The summed E-state index contributed by atoms with van der Waals surface area (Å²) in [5.41, 5.74) is 4.68. The van der Waals surface area contributed by atoms with Crippen molar-refractivity contribution in [1.82, 2.24) is 9.80 Å². The van der Waals surface area contributed by atoms with Crippen LogP contribution < -0.4 is 4.74 Å². The molecular formula is C28H33ClN2O3. The molecule has 2 aromatic carbocycles. The SMILES string of the molecule is Cc1cc(OCc2ccc(C(=O)N3CCN(Cc4ccccc4C)CC3)o2)c(C(C)C)cc1Cl. The van der Waals surface area contributed by atoms with Gasteiger partial charge in [-0.1, -0.05) is 49.7 Å². The van der Waals surface area contributed by atoms with Gasteiger partial charge in [-0.2, -0.15) is 0 Å². The molecule has 1 amide bonds. The van der Waals surface area contributed by atoms with Crippen molar-refractivity contribution in [3.63, 3.8) is 0 Å². The maximum absolute atomic E-state index is 13.0. The normalized spacial score (nSPS) is 14.6. The first-order chi connectivity index (χ1) is 16.3. The minimum Gasteiger partial charge on any atom is -0.485 e. The molecule has 0 aliphatic carbocycles. The van der Waals surface area contributed by atoms with E-state index in [4.69, 9.17) is 20.8 Å². The van der Waals surface area contributed by atoms with Gasteiger partial charge in [0.15, 0.2) is 5.76 Å². The lowest BCUT2D eigenvalue weighted by molar-refractivity contribution is 0.0594. The second-order valence-electron chi connectivity index (χ2n) is 9.34. The summed E-state index contributed by atoms with van der Waals surface area (Å²) in [6.45, 7) is 12.6. The third kappa shape index (κ3) is 5.65. The molecule has 3 aromatic rings. The van der Waals surface area contributed by atoms with Gasteiger partial charge in [-0.15, -0.1) is 0 Å². The van der Waals surface area contributed by atoms with E-state index in [1.807, 2.05) is 30.0 Å². The second kappa shape index (κ2) is 10.7. The standard InChI is InChI=1S/C28H33ClN2O3/c1-19(2)24-16-25(29)21(4)15-27(24)33-18-23-9-10-26(34-23)28(32)31-13-11-30(12-14-31)17-22-8-6-5-7-20(22)3/h5-10,15-16,19H,11-14,17-18H2,1-4H3. The van der Waals surface area contributed by atoms with Gasteiger partial charge in [0.05, 0.1) is 0 Å². The average molecular weight is 481 g/mol. The topological polar surface area (TPSA) is 45.9 Å². The molecule has 0 radical (unpaired) electrons. The van der Waals surface area contributed by atoms with E-state index in [-0.39, 0.29) is 18.4 Å². The van der Waals surface area contributed by atoms with Crippen LogP contribution in [0.3, 0.4) is 0 Å². The number of benzene rings is 2. The van der Waals surface area contributed by atoms with Crippen molar-refractivity contribution in [1.29, 1.82) is 0 Å². The first-order valence-electron chi connectivity index (χ1n) is 11.9. The van der Waals surface area contributed by atoms with Gasteiger partial charge in [0.25, 0.3) is 5.91 Å². The van der Waals surface area contributed by atoms with Crippen LogP contribution in [0.1, 0.15) is 58.3 Å². The zero-order chi connectivity index (χ0) is 24.2. The van der Waals surface area contributed by atoms with Gasteiger partial charge in [0.1, 0.15) is 18.1 Å². The van der Waals surface area contributed by atoms with Crippen LogP contribution in [0.2, 0.25) is 5.02 Å². The number of hydrogen-bond donors (Lipinski definition) is 0. The first kappa shape index (κ1) is 24.4. The summed E-state index contributed by atoms with van der Waals surface area (Å²) in [6, 6.07) is 16.0. The Morgan fingerprint density at radius 3 is 2.47 bits per heavy atom. The fourth-order valence-electron chi connectivity index (χ4n) is 4.26. The molecule has 4 rings (SSSR count). The zero-order valence-electron chi connectivity index (χ0n) is 20.4. The molecule has 2 heterocycles. The number of amides is 1. The number of ether oxygens (including phenoxy) is 1. The molecule has 0 N–H and O–H groups in total. The number of aryl methyl sites for hydroxylation is 2. The lowest BCUT2D eigenvalue weighted by atomic mass is 10.0. The van der Waals surface area contributed by atoms with E-state index in [2.05, 4.69) is 49.9 Å². The Labute approximate surface area is 207 Å². The largest absolute Gasteiger partial charge is 0.485 e. The Balaban J connectivity index is 1.33. The molecule has 0 unspecified atom stereocenters. The number of hydrogen-bond acceptors (Lipinski definition) is 4. The van der Waals surface area contributed by atoms with Crippen molar-refractivity contribution >= 4 is 17.5 Å². The van der Waals surface area contributed by atoms with Gasteiger partial charge in [-0.05, 0) is 66.3 Å². The van der Waals surface area contributed by atoms with Crippen LogP contribution in [0, 0.1) is 13.8 Å². The van der Waals surface area contributed by atoms with Crippen LogP contribution in [-0.4, -0.2) is 41.9 Å². The third-order valence-electron chi connectivity index (χ3n) is 6.47. The number of carbonyl (C=O) groups is 1. The lowest BCUT2D eigenvalue weighted by Gasteiger charge is -2.34. The van der Waals surface area contributed by atoms with Gasteiger partial charge in [-0.25, -0.2) is 0 Å². The molecule has 0 spiro atoms. The van der Waals surface area contributed by atoms with E-state index < -0.39 is 0 Å². The predicted octanol–water partition coefficient (Wildman–Crippen LogP) is 6.21. The Morgan fingerprint density at radius 2 is 1.76 bits per heavy atom. The fourth-order valence-corrected chi connectivity index (χ4v) is 4.43. The van der Waals surface area contributed by atoms with Crippen LogP contribution in [0.15, 0.2) is 52.9 Å². The molecule has 34 heavy (non-hydrogen) atoms. The summed E-state index contributed by atoms with van der Waals surface area (Å²) < 4.78 is 11.9. The van der Waals surface area contributed by atoms with Gasteiger partial charge in [0.2, 0.25) is 0 Å². The van der Waals surface area contributed by atoms with E-state index in [0.717, 1.165) is 41.5 Å². The van der Waals surface area contributed by atoms with E-state index in [9.17, 15) is 4.79 Å². The molecule has 1 fully saturated rings. The Bertz CT molecular complexity index is 1150. The maximum Gasteiger partial charge on any atom is 0.289 e. The molecule has 0 atom stereocenters. The molecule has 0 saturated carbocycles. The Morgan fingerprint density at radius 1 is 1.03 bits per heavy atom. The highest BCUT2D eigenvalue weighted by atomic mass is 35.5. The summed E-state index contributed by atoms with van der Waals surface area (Å²) in [5.74, 6) is 2.01. The molecule has 1 aliphatic rings. The van der Waals surface area contributed by atoms with Gasteiger partial charge >= 0.3 is 0 Å². The van der Waals surface area contributed by atoms with E-state index in [1.54, 1.807) is 6.07 Å². The highest BCUT2D eigenvalue weighted by molar-refractivity contribution is 6.31. The summed E-state index contributed by atoms with van der Waals surface area (Å²) >= 11 is 6.30. The maximum atomic E-state index is 13.0. The van der Waals surface area contributed by atoms with Crippen molar-refractivity contribution in [3.8, 4) is 5.75 Å². The number of carbonyl (C=O) groups excluding carboxylic acids is 1. The molecule has 6 heteroatoms. The number of furan rings is 1. The molecule has 1 aromatic heterocycles. The predicted molar refractivity (Wildman–Crippen MR) is 136 cm³/mol. The molecule has 1 saturated heterocycles. The number of rotatable bonds is 7. The van der Waals surface area contributed by atoms with E-state index in [0.29, 0.717) is 24.6 Å². The minimum atomic E-state index is -0.0630. The second-order valence-corrected chi connectivity index (χ2v) is 9.75. The van der Waals surface area contributed by atoms with Crippen LogP contribution in [0.4, 0.5) is 0 Å². The molecule has 0 bridgehead atoms. The molecular weight excluding hydrogens is 448 g/mol. The monoisotopic (exact) mass is 480 g/mol. The van der Waals surface area contributed by atoms with Gasteiger partial charge < -0.3 is 14.1 Å². The third-order valence-corrected chi connectivity index (χ3v) is 6.88. The number of nitrogens with zero attached hydrogens (tertiary/aromatic N) is 2. The minimum absolute atomic E-state index is 0.0630. The molecule has 1 aliphatic heterocycles. The average Bonchev–Trinajstić information content (AvgIpc) is 3.30. The summed E-state index contributed by atoms with van der Waals surface area (Å²) in [7, 11) is 0. The first-order valence-corrected chi connectivity index (χ1v) is 12.3. The smallest absolute Gasteiger partial charge is 0.289 e. The highest BCUT2D eigenvalue weighted by Crippen LogP contribution is 2.32. The van der Waals surface area contributed by atoms with Gasteiger partial charge in [0, 0.05) is 37.7 Å². The van der Waals surface area contributed by atoms with Gasteiger partial charge in [-0.3, -0.25) is 9.69 Å². The zero-order valence-corrected chi connectivity index (χ0v) is 21.2. The number of piperazine rings is 1. The molecule has 5 nitrogen and oxygen atoms in total. The van der Waals surface area contributed by atoms with Crippen molar-refractivity contribution in [2.45, 2.75) is 46.8 Å². The van der Waals surface area contributed by atoms with Crippen LogP contribution in [0.25, 0.3) is 0 Å². The summed E-state index contributed by atoms with van der Waals surface area (Å²) in [6.07, 6.45) is 0.